The van der Waals surface area contributed by atoms with Crippen LogP contribution in [0.3, 0.4) is 0 Å². The molecule has 1 aliphatic heterocycles. The Morgan fingerprint density at radius 3 is 3.00 bits per heavy atom. The summed E-state index contributed by atoms with van der Waals surface area (Å²) in [5, 5.41) is 0. The summed E-state index contributed by atoms with van der Waals surface area (Å²) in [6.45, 7) is 9.43. The Balaban J connectivity index is 1.63. The molecule has 108 valence electrons. The Morgan fingerprint density at radius 1 is 1.30 bits per heavy atom. The number of ether oxygens (including phenoxy) is 1. The highest BCUT2D eigenvalue weighted by atomic mass is 16.6. The van der Waals surface area contributed by atoms with Crippen LogP contribution in [0.5, 0.6) is 0 Å². The first kappa shape index (κ1) is 12.0. The number of rotatable bonds is 0. The fraction of sp³-hybridized carbons (Fsp3) is 0.789. The van der Waals surface area contributed by atoms with E-state index in [9.17, 15) is 0 Å². The van der Waals surface area contributed by atoms with Gasteiger partial charge in [0.1, 0.15) is 0 Å². The molecule has 0 spiro atoms. The predicted molar refractivity (Wildman–Crippen MR) is 80.2 cm³/mol. The Morgan fingerprint density at radius 2 is 2.15 bits per heavy atom. The third-order valence-electron chi connectivity index (χ3n) is 7.66. The fourth-order valence-electron chi connectivity index (χ4n) is 6.67. The van der Waals surface area contributed by atoms with Gasteiger partial charge in [-0.1, -0.05) is 37.6 Å². The summed E-state index contributed by atoms with van der Waals surface area (Å²) in [5.74, 6) is 3.82. The first-order valence-corrected chi connectivity index (χ1v) is 8.57. The minimum Gasteiger partial charge on any atom is -0.365 e. The van der Waals surface area contributed by atoms with Gasteiger partial charge in [-0.2, -0.15) is 0 Å². The summed E-state index contributed by atoms with van der Waals surface area (Å²) >= 11 is 0. The zero-order valence-corrected chi connectivity index (χ0v) is 12.8. The second kappa shape index (κ2) is 3.43. The van der Waals surface area contributed by atoms with E-state index in [0.717, 1.165) is 17.8 Å². The monoisotopic (exact) mass is 270 g/mol. The zero-order chi connectivity index (χ0) is 13.7. The van der Waals surface area contributed by atoms with Crippen molar-refractivity contribution in [1.29, 1.82) is 0 Å². The Labute approximate surface area is 122 Å². The van der Waals surface area contributed by atoms with Crippen LogP contribution < -0.4 is 0 Å². The van der Waals surface area contributed by atoms with Crippen molar-refractivity contribution < 1.29 is 4.74 Å². The average molecular weight is 270 g/mol. The van der Waals surface area contributed by atoms with E-state index >= 15 is 0 Å². The lowest BCUT2D eigenvalue weighted by Crippen LogP contribution is -2.55. The lowest BCUT2D eigenvalue weighted by atomic mass is 9.43. The summed E-state index contributed by atoms with van der Waals surface area (Å²) in [5.41, 5.74) is 2.30. The quantitative estimate of drug-likeness (QED) is 0.471. The summed E-state index contributed by atoms with van der Waals surface area (Å²) in [4.78, 5) is 0. The maximum Gasteiger partial charge on any atom is 0.0991 e. The zero-order valence-electron chi connectivity index (χ0n) is 12.8. The molecule has 1 heteroatoms. The van der Waals surface area contributed by atoms with Gasteiger partial charge in [0.25, 0.3) is 0 Å². The molecule has 0 radical (unpaired) electrons. The molecule has 0 amide bonds. The lowest BCUT2D eigenvalue weighted by molar-refractivity contribution is -0.104. The minimum absolute atomic E-state index is 0.160. The maximum atomic E-state index is 6.24. The fourth-order valence-corrected chi connectivity index (χ4v) is 6.67. The first-order valence-electron chi connectivity index (χ1n) is 8.57. The van der Waals surface area contributed by atoms with Crippen LogP contribution in [0.25, 0.3) is 0 Å². The molecule has 0 aromatic heterocycles. The molecule has 6 rings (SSSR count). The Kier molecular flexibility index (Phi) is 2.06. The molecule has 0 aromatic carbocycles. The number of allylic oxidation sites excluding steroid dienone is 1. The van der Waals surface area contributed by atoms with Gasteiger partial charge < -0.3 is 4.74 Å². The molecule has 4 fully saturated rings. The van der Waals surface area contributed by atoms with Crippen LogP contribution in [0.4, 0.5) is 0 Å². The van der Waals surface area contributed by atoms with E-state index in [2.05, 4.69) is 32.6 Å². The molecule has 2 bridgehead atoms. The van der Waals surface area contributed by atoms with Gasteiger partial charge in [-0.05, 0) is 55.8 Å². The first-order chi connectivity index (χ1) is 9.53. The second-order valence-corrected chi connectivity index (χ2v) is 8.71. The molecular formula is C19H26O. The van der Waals surface area contributed by atoms with Crippen LogP contribution in [0, 0.1) is 35.0 Å². The van der Waals surface area contributed by atoms with E-state index in [1.54, 1.807) is 0 Å². The molecule has 5 aliphatic carbocycles. The third kappa shape index (κ3) is 1.25. The lowest BCUT2D eigenvalue weighted by Gasteiger charge is -2.61. The SMILES string of the molecule is C=C1C[C@@H]2C=C[C@H]([C@@H]3CCC[C@@]4(C)C[C@H]1[C@@H]34)[C@@]1(C)O[C@@H]21. The number of fused-ring (bicyclic) bond motifs is 1. The van der Waals surface area contributed by atoms with Crippen LogP contribution in [0.2, 0.25) is 0 Å². The molecule has 1 saturated heterocycles. The summed E-state index contributed by atoms with van der Waals surface area (Å²) < 4.78 is 6.24. The largest absolute Gasteiger partial charge is 0.365 e. The van der Waals surface area contributed by atoms with Crippen LogP contribution >= 0.6 is 0 Å². The van der Waals surface area contributed by atoms with E-state index < -0.39 is 0 Å². The van der Waals surface area contributed by atoms with E-state index in [1.165, 1.54) is 37.7 Å². The second-order valence-electron chi connectivity index (χ2n) is 8.71. The average Bonchev–Trinajstić information content (AvgIpc) is 3.05. The van der Waals surface area contributed by atoms with Gasteiger partial charge in [0.15, 0.2) is 0 Å². The smallest absolute Gasteiger partial charge is 0.0991 e. The highest BCUT2D eigenvalue weighted by molar-refractivity contribution is 5.29. The highest BCUT2D eigenvalue weighted by Gasteiger charge is 2.68. The van der Waals surface area contributed by atoms with Crippen LogP contribution in [0.15, 0.2) is 24.3 Å². The van der Waals surface area contributed by atoms with Gasteiger partial charge in [0.05, 0.1) is 11.7 Å². The van der Waals surface area contributed by atoms with Gasteiger partial charge in [-0.15, -0.1) is 0 Å². The molecule has 0 unspecified atom stereocenters. The molecule has 3 saturated carbocycles. The van der Waals surface area contributed by atoms with Crippen molar-refractivity contribution in [3.63, 3.8) is 0 Å². The molecule has 0 N–H and O–H groups in total. The molecule has 1 heterocycles. The highest BCUT2D eigenvalue weighted by Crippen LogP contribution is 2.69. The predicted octanol–water partition coefficient (Wildman–Crippen LogP) is 4.35. The number of epoxide rings is 1. The Bertz CT molecular complexity index is 520. The van der Waals surface area contributed by atoms with Crippen molar-refractivity contribution in [2.24, 2.45) is 35.0 Å². The topological polar surface area (TPSA) is 12.5 Å². The van der Waals surface area contributed by atoms with Gasteiger partial charge in [0.2, 0.25) is 0 Å². The van der Waals surface area contributed by atoms with Crippen molar-refractivity contribution in [3.8, 4) is 0 Å². The van der Waals surface area contributed by atoms with Gasteiger partial charge in [-0.25, -0.2) is 0 Å². The Hall–Kier alpha value is -0.560. The van der Waals surface area contributed by atoms with E-state index in [1.807, 2.05) is 0 Å². The molecule has 8 atom stereocenters. The molecule has 0 aromatic rings. The molecular weight excluding hydrogens is 244 g/mol. The summed E-state index contributed by atoms with van der Waals surface area (Å²) in [6, 6.07) is 0. The third-order valence-corrected chi connectivity index (χ3v) is 7.66. The molecule has 6 aliphatic rings. The minimum atomic E-state index is 0.160. The van der Waals surface area contributed by atoms with E-state index in [-0.39, 0.29) is 5.60 Å². The molecule has 20 heavy (non-hydrogen) atoms. The van der Waals surface area contributed by atoms with Crippen LogP contribution in [-0.4, -0.2) is 11.7 Å². The van der Waals surface area contributed by atoms with Crippen molar-refractivity contribution in [2.75, 3.05) is 0 Å². The van der Waals surface area contributed by atoms with Crippen molar-refractivity contribution in [1.82, 2.24) is 0 Å². The van der Waals surface area contributed by atoms with Crippen molar-refractivity contribution in [3.05, 3.63) is 24.3 Å². The standard InChI is InChI=1S/C19H26O/c1-11-9-12-6-7-15(19(3)17(12)20-19)13-5-4-8-18(2)10-14(11)16(13)18/h6-7,12-17H,1,4-5,8-10H2,2-3H3/t12-,13-,14+,15+,16+,17-,18-,19+/m0/s1. The van der Waals surface area contributed by atoms with Gasteiger partial charge in [-0.3, -0.25) is 0 Å². The van der Waals surface area contributed by atoms with Crippen LogP contribution in [0.1, 0.15) is 46.0 Å². The van der Waals surface area contributed by atoms with Gasteiger partial charge >= 0.3 is 0 Å². The summed E-state index contributed by atoms with van der Waals surface area (Å²) in [6.07, 6.45) is 12.4. The normalized spacial score (nSPS) is 62.6. The molecule has 1 nitrogen and oxygen atoms in total. The number of hydrogen-bond acceptors (Lipinski definition) is 1. The maximum absolute atomic E-state index is 6.24. The van der Waals surface area contributed by atoms with Crippen LogP contribution in [-0.2, 0) is 4.74 Å². The number of hydrogen-bond donors (Lipinski definition) is 0. The van der Waals surface area contributed by atoms with E-state index in [0.29, 0.717) is 23.4 Å². The summed E-state index contributed by atoms with van der Waals surface area (Å²) in [7, 11) is 0. The van der Waals surface area contributed by atoms with Crippen molar-refractivity contribution >= 4 is 0 Å². The van der Waals surface area contributed by atoms with Gasteiger partial charge in [0, 0.05) is 11.8 Å². The van der Waals surface area contributed by atoms with Crippen molar-refractivity contribution in [2.45, 2.75) is 57.7 Å². The van der Waals surface area contributed by atoms with E-state index in [4.69, 9.17) is 4.74 Å².